The van der Waals surface area contributed by atoms with Crippen LogP contribution in [0.1, 0.15) is 11.1 Å². The van der Waals surface area contributed by atoms with Gasteiger partial charge in [-0.1, -0.05) is 30.3 Å². The molecule has 0 atom stereocenters. The van der Waals surface area contributed by atoms with Crippen molar-refractivity contribution < 1.29 is 24.0 Å². The van der Waals surface area contributed by atoms with Gasteiger partial charge in [0, 0.05) is 17.8 Å². The second kappa shape index (κ2) is 10.7. The number of nitrogens with zero attached hydrogens (tertiary/aromatic N) is 2. The molecule has 0 saturated carbocycles. The Morgan fingerprint density at radius 1 is 1.00 bits per heavy atom. The zero-order valence-corrected chi connectivity index (χ0v) is 19.1. The van der Waals surface area contributed by atoms with Gasteiger partial charge < -0.3 is 10.1 Å². The summed E-state index contributed by atoms with van der Waals surface area (Å²) < 4.78 is 5.70. The first-order valence-corrected chi connectivity index (χ1v) is 11.3. The lowest BCUT2D eigenvalue weighted by Crippen LogP contribution is -2.36. The van der Waals surface area contributed by atoms with Crippen LogP contribution in [0.25, 0.3) is 6.08 Å². The molecule has 9 nitrogen and oxygen atoms in total. The van der Waals surface area contributed by atoms with Crippen molar-refractivity contribution in [2.75, 3.05) is 11.9 Å². The van der Waals surface area contributed by atoms with Crippen LogP contribution < -0.4 is 10.1 Å². The lowest BCUT2D eigenvalue weighted by molar-refractivity contribution is -0.384. The maximum absolute atomic E-state index is 12.7. The summed E-state index contributed by atoms with van der Waals surface area (Å²) in [7, 11) is 0. The number of rotatable bonds is 8. The number of benzene rings is 3. The van der Waals surface area contributed by atoms with Crippen LogP contribution in [0.4, 0.5) is 16.2 Å². The second-order valence-corrected chi connectivity index (χ2v) is 8.46. The first kappa shape index (κ1) is 23.7. The minimum atomic E-state index is -0.526. The van der Waals surface area contributed by atoms with Crippen molar-refractivity contribution in [1.29, 1.82) is 0 Å². The van der Waals surface area contributed by atoms with Crippen molar-refractivity contribution >= 4 is 46.3 Å². The summed E-state index contributed by atoms with van der Waals surface area (Å²) in [6.07, 6.45) is 1.58. The number of nitrogens with one attached hydrogen (secondary N) is 1. The zero-order chi connectivity index (χ0) is 24.8. The molecule has 0 bridgehead atoms. The second-order valence-electron chi connectivity index (χ2n) is 7.46. The molecule has 0 spiro atoms. The molecular weight excluding hydrogens is 470 g/mol. The number of ether oxygens (including phenoxy) is 1. The predicted molar refractivity (Wildman–Crippen MR) is 132 cm³/mol. The molecule has 1 heterocycles. The lowest BCUT2D eigenvalue weighted by atomic mass is 10.2. The molecule has 0 aliphatic carbocycles. The molecule has 0 radical (unpaired) electrons. The number of amides is 3. The first-order chi connectivity index (χ1) is 16.9. The fourth-order valence-corrected chi connectivity index (χ4v) is 4.03. The van der Waals surface area contributed by atoms with Crippen molar-refractivity contribution in [2.45, 2.75) is 6.61 Å². The Morgan fingerprint density at radius 3 is 2.34 bits per heavy atom. The van der Waals surface area contributed by atoms with Gasteiger partial charge in [-0.05, 0) is 65.4 Å². The fourth-order valence-electron chi connectivity index (χ4n) is 3.19. The number of thioether (sulfide) groups is 1. The summed E-state index contributed by atoms with van der Waals surface area (Å²) in [6, 6.07) is 21.8. The van der Waals surface area contributed by atoms with Crippen molar-refractivity contribution in [2.24, 2.45) is 0 Å². The number of anilines is 1. The van der Waals surface area contributed by atoms with Crippen LogP contribution in [0, 0.1) is 10.1 Å². The number of hydrogen-bond donors (Lipinski definition) is 1. The maximum atomic E-state index is 12.7. The average Bonchev–Trinajstić information content (AvgIpc) is 3.11. The third-order valence-electron chi connectivity index (χ3n) is 4.96. The maximum Gasteiger partial charge on any atom is 0.294 e. The van der Waals surface area contributed by atoms with Crippen LogP contribution in [0.15, 0.2) is 83.8 Å². The van der Waals surface area contributed by atoms with Crippen LogP contribution in [-0.4, -0.2) is 33.4 Å². The SMILES string of the molecule is O=C(CN1C(=O)S/C(=C\c2ccc(OCc3ccc([N+](=O)[O-])cc3)cc2)C1=O)Nc1ccccc1. The summed E-state index contributed by atoms with van der Waals surface area (Å²) >= 11 is 0.779. The van der Waals surface area contributed by atoms with Gasteiger partial charge in [-0.25, -0.2) is 0 Å². The largest absolute Gasteiger partial charge is 0.489 e. The van der Waals surface area contributed by atoms with Crippen LogP contribution in [0.3, 0.4) is 0 Å². The highest BCUT2D eigenvalue weighted by atomic mass is 32.2. The van der Waals surface area contributed by atoms with Crippen LogP contribution in [-0.2, 0) is 16.2 Å². The summed E-state index contributed by atoms with van der Waals surface area (Å²) in [4.78, 5) is 48.6. The van der Waals surface area contributed by atoms with Gasteiger partial charge in [0.05, 0.1) is 9.83 Å². The number of imide groups is 1. The van der Waals surface area contributed by atoms with Gasteiger partial charge in [0.1, 0.15) is 18.9 Å². The standard InChI is InChI=1S/C25H19N3O6S/c29-23(26-19-4-2-1-3-5-19)15-27-24(30)22(35-25(27)31)14-17-8-12-21(13-9-17)34-16-18-6-10-20(11-7-18)28(32)33/h1-14H,15-16H2,(H,26,29)/b22-14-. The normalized spacial score (nSPS) is 14.3. The fraction of sp³-hybridized carbons (Fsp3) is 0.0800. The van der Waals surface area contributed by atoms with Gasteiger partial charge in [-0.2, -0.15) is 0 Å². The van der Waals surface area contributed by atoms with Gasteiger partial charge in [0.25, 0.3) is 16.8 Å². The molecule has 1 saturated heterocycles. The Balaban J connectivity index is 1.34. The van der Waals surface area contributed by atoms with Gasteiger partial charge in [-0.3, -0.25) is 29.4 Å². The van der Waals surface area contributed by atoms with E-state index in [2.05, 4.69) is 5.32 Å². The minimum absolute atomic E-state index is 0.0133. The molecule has 3 aromatic carbocycles. The van der Waals surface area contributed by atoms with E-state index in [0.29, 0.717) is 17.0 Å². The highest BCUT2D eigenvalue weighted by Gasteiger charge is 2.36. The molecule has 0 unspecified atom stereocenters. The molecule has 1 N–H and O–H groups in total. The van der Waals surface area contributed by atoms with E-state index in [1.54, 1.807) is 66.7 Å². The Labute approximate surface area is 204 Å². The van der Waals surface area contributed by atoms with Gasteiger partial charge >= 0.3 is 0 Å². The van der Waals surface area contributed by atoms with E-state index >= 15 is 0 Å². The highest BCUT2D eigenvalue weighted by molar-refractivity contribution is 8.18. The summed E-state index contributed by atoms with van der Waals surface area (Å²) in [6.45, 7) is -0.131. The van der Waals surface area contributed by atoms with Gasteiger partial charge in [-0.15, -0.1) is 0 Å². The smallest absolute Gasteiger partial charge is 0.294 e. The van der Waals surface area contributed by atoms with Gasteiger partial charge in [0.2, 0.25) is 5.91 Å². The molecule has 3 aromatic rings. The third-order valence-corrected chi connectivity index (χ3v) is 5.87. The molecule has 176 valence electrons. The lowest BCUT2D eigenvalue weighted by Gasteiger charge is -2.12. The number of carbonyl (C=O) groups excluding carboxylic acids is 3. The van der Waals surface area contributed by atoms with E-state index in [4.69, 9.17) is 4.74 Å². The van der Waals surface area contributed by atoms with E-state index in [0.717, 1.165) is 22.2 Å². The summed E-state index contributed by atoms with van der Waals surface area (Å²) in [5.74, 6) is -0.415. The van der Waals surface area contributed by atoms with Gasteiger partial charge in [0.15, 0.2) is 0 Å². The topological polar surface area (TPSA) is 119 Å². The molecule has 4 rings (SSSR count). The number of hydrogen-bond acceptors (Lipinski definition) is 7. The number of non-ortho nitro benzene ring substituents is 1. The highest BCUT2D eigenvalue weighted by Crippen LogP contribution is 2.32. The molecular formula is C25H19N3O6S. The minimum Gasteiger partial charge on any atom is -0.489 e. The van der Waals surface area contributed by atoms with Crippen LogP contribution >= 0.6 is 11.8 Å². The summed E-state index contributed by atoms with van der Waals surface area (Å²) in [5, 5.41) is 12.9. The van der Waals surface area contributed by atoms with E-state index in [1.165, 1.54) is 12.1 Å². The molecule has 3 amide bonds. The van der Waals surface area contributed by atoms with Crippen molar-refractivity contribution in [3.63, 3.8) is 0 Å². The Kier molecular flexibility index (Phi) is 7.22. The molecule has 1 aliphatic heterocycles. The van der Waals surface area contributed by atoms with Crippen molar-refractivity contribution in [1.82, 2.24) is 4.90 Å². The number of carbonyl (C=O) groups is 3. The quantitative estimate of drug-likeness (QED) is 0.273. The van der Waals surface area contributed by atoms with E-state index < -0.39 is 22.0 Å². The molecule has 1 aliphatic rings. The summed E-state index contributed by atoms with van der Waals surface area (Å²) in [5.41, 5.74) is 2.06. The van der Waals surface area contributed by atoms with E-state index in [-0.39, 0.29) is 23.7 Å². The average molecular weight is 490 g/mol. The number of nitro benzene ring substituents is 1. The van der Waals surface area contributed by atoms with Crippen LogP contribution in [0.5, 0.6) is 5.75 Å². The van der Waals surface area contributed by atoms with Crippen molar-refractivity contribution in [3.05, 3.63) is 105 Å². The predicted octanol–water partition coefficient (Wildman–Crippen LogP) is 4.85. The first-order valence-electron chi connectivity index (χ1n) is 10.5. The molecule has 1 fully saturated rings. The molecule has 35 heavy (non-hydrogen) atoms. The third kappa shape index (κ3) is 6.12. The zero-order valence-electron chi connectivity index (χ0n) is 18.2. The van der Waals surface area contributed by atoms with Crippen LogP contribution in [0.2, 0.25) is 0 Å². The number of para-hydroxylation sites is 1. The Morgan fingerprint density at radius 2 is 1.69 bits per heavy atom. The molecule has 0 aromatic heterocycles. The Hall–Kier alpha value is -4.44. The molecule has 10 heteroatoms. The van der Waals surface area contributed by atoms with Crippen molar-refractivity contribution in [3.8, 4) is 5.75 Å². The van der Waals surface area contributed by atoms with E-state index in [1.807, 2.05) is 6.07 Å². The Bertz CT molecular complexity index is 1290. The monoisotopic (exact) mass is 489 g/mol. The van der Waals surface area contributed by atoms with E-state index in [9.17, 15) is 24.5 Å². The number of nitro groups is 1.